The van der Waals surface area contributed by atoms with Crippen molar-refractivity contribution in [1.29, 1.82) is 0 Å². The quantitative estimate of drug-likeness (QED) is 0.482. The Morgan fingerprint density at radius 1 is 1.29 bits per heavy atom. The zero-order chi connectivity index (χ0) is 22.4. The molecule has 6 N–H and O–H groups in total. The Balaban J connectivity index is 0.000000858. The third kappa shape index (κ3) is 5.10. The van der Waals surface area contributed by atoms with Crippen LogP contribution in [0.25, 0.3) is 28.2 Å². The van der Waals surface area contributed by atoms with E-state index in [2.05, 4.69) is 45.6 Å². The second-order valence-corrected chi connectivity index (χ2v) is 7.53. The molecule has 1 saturated heterocycles. The van der Waals surface area contributed by atoms with Crippen molar-refractivity contribution in [1.82, 2.24) is 20.2 Å². The maximum atomic E-state index is 12.8. The lowest BCUT2D eigenvalue weighted by molar-refractivity contribution is -0.106. The molecule has 4 rings (SSSR count). The zero-order valence-electron chi connectivity index (χ0n) is 17.6. The number of carbonyl (C=O) groups is 2. The first-order valence-corrected chi connectivity index (χ1v) is 10.1. The minimum Gasteiger partial charge on any atom is -0.397 e. The second-order valence-electron chi connectivity index (χ2n) is 7.53. The van der Waals surface area contributed by atoms with E-state index in [9.17, 15) is 4.79 Å². The minimum absolute atomic E-state index is 0.164. The number of piperidine rings is 1. The summed E-state index contributed by atoms with van der Waals surface area (Å²) in [6.07, 6.45) is 5.85. The van der Waals surface area contributed by atoms with Crippen molar-refractivity contribution < 1.29 is 9.59 Å². The summed E-state index contributed by atoms with van der Waals surface area (Å²) in [6.45, 7) is 5.80. The molecule has 8 nitrogen and oxygen atoms in total. The highest BCUT2D eigenvalue weighted by Crippen LogP contribution is 2.29. The van der Waals surface area contributed by atoms with E-state index in [0.717, 1.165) is 53.7 Å². The van der Waals surface area contributed by atoms with Gasteiger partial charge >= 0.3 is 0 Å². The molecule has 2 amide bonds. The van der Waals surface area contributed by atoms with Gasteiger partial charge in [-0.05, 0) is 62.8 Å². The molecule has 0 radical (unpaired) electrons. The first-order chi connectivity index (χ1) is 15.0. The molecule has 1 aromatic carbocycles. The number of carbonyl (C=O) groups excluding carboxylic acids is 2. The number of anilines is 1. The van der Waals surface area contributed by atoms with Gasteiger partial charge in [-0.15, -0.1) is 0 Å². The van der Waals surface area contributed by atoms with E-state index >= 15 is 0 Å². The van der Waals surface area contributed by atoms with Crippen LogP contribution >= 0.6 is 0 Å². The summed E-state index contributed by atoms with van der Waals surface area (Å²) in [5, 5.41) is 4.13. The van der Waals surface area contributed by atoms with E-state index in [1.807, 2.05) is 30.5 Å². The summed E-state index contributed by atoms with van der Waals surface area (Å²) in [5.74, 6) is -0.208. The van der Waals surface area contributed by atoms with Crippen molar-refractivity contribution in [3.8, 4) is 11.3 Å². The number of nitrogens with one attached hydrogen (secondary N) is 2. The summed E-state index contributed by atoms with van der Waals surface area (Å²) in [7, 11) is 2.10. The SMILES string of the molecule is C=Cc1ccc2[nH]cc(-c3ccc(N)c(C(=O)NC4CCN(C)CC4)n3)c2c1.NC=O. The zero-order valence-corrected chi connectivity index (χ0v) is 17.6. The average molecular weight is 421 g/mol. The number of rotatable bonds is 4. The first-order valence-electron chi connectivity index (χ1n) is 10.1. The number of nitrogen functional groups attached to an aromatic ring is 1. The molecule has 1 fully saturated rings. The molecule has 2 aromatic heterocycles. The number of aromatic amines is 1. The number of nitrogens with two attached hydrogens (primary N) is 2. The van der Waals surface area contributed by atoms with Gasteiger partial charge in [0.2, 0.25) is 6.41 Å². The number of pyridine rings is 1. The predicted octanol–water partition coefficient (Wildman–Crippen LogP) is 2.38. The Morgan fingerprint density at radius 3 is 2.68 bits per heavy atom. The van der Waals surface area contributed by atoms with Crippen molar-refractivity contribution in [3.05, 3.63) is 54.4 Å². The number of fused-ring (bicyclic) bond motifs is 1. The Bertz CT molecular complexity index is 1080. The molecule has 0 bridgehead atoms. The molecule has 0 unspecified atom stereocenters. The molecule has 31 heavy (non-hydrogen) atoms. The summed E-state index contributed by atoms with van der Waals surface area (Å²) in [4.78, 5) is 31.5. The fraction of sp³-hybridized carbons (Fsp3) is 0.261. The highest BCUT2D eigenvalue weighted by Gasteiger charge is 2.21. The lowest BCUT2D eigenvalue weighted by Crippen LogP contribution is -2.43. The summed E-state index contributed by atoms with van der Waals surface area (Å²) < 4.78 is 0. The normalized spacial score (nSPS) is 14.5. The van der Waals surface area contributed by atoms with Crippen LogP contribution in [0.1, 0.15) is 28.9 Å². The number of amides is 2. The van der Waals surface area contributed by atoms with Gasteiger partial charge in [-0.25, -0.2) is 4.98 Å². The molecule has 1 aliphatic heterocycles. The largest absolute Gasteiger partial charge is 0.397 e. The van der Waals surface area contributed by atoms with Crippen molar-refractivity contribution >= 4 is 35.0 Å². The number of nitrogens with zero attached hydrogens (tertiary/aromatic N) is 2. The lowest BCUT2D eigenvalue weighted by Gasteiger charge is -2.29. The molecule has 0 atom stereocenters. The van der Waals surface area contributed by atoms with E-state index < -0.39 is 0 Å². The number of likely N-dealkylation sites (tertiary alicyclic amines) is 1. The molecular weight excluding hydrogens is 392 g/mol. The number of H-pyrrole nitrogens is 1. The first kappa shape index (κ1) is 22.0. The number of benzene rings is 1. The third-order valence-corrected chi connectivity index (χ3v) is 5.41. The van der Waals surface area contributed by atoms with Gasteiger partial charge in [0.15, 0.2) is 5.69 Å². The average Bonchev–Trinajstić information content (AvgIpc) is 3.19. The Hall–Kier alpha value is -3.65. The second kappa shape index (κ2) is 9.90. The van der Waals surface area contributed by atoms with Gasteiger partial charge in [-0.3, -0.25) is 9.59 Å². The van der Waals surface area contributed by atoms with E-state index in [1.165, 1.54) is 0 Å². The molecule has 1 aliphatic rings. The van der Waals surface area contributed by atoms with Crippen LogP contribution < -0.4 is 16.8 Å². The van der Waals surface area contributed by atoms with Crippen LogP contribution in [0, 0.1) is 0 Å². The number of aromatic nitrogens is 2. The Labute approximate surface area is 181 Å². The smallest absolute Gasteiger partial charge is 0.272 e. The van der Waals surface area contributed by atoms with Gasteiger partial charge in [-0.1, -0.05) is 18.7 Å². The van der Waals surface area contributed by atoms with Crippen LogP contribution in [0.4, 0.5) is 5.69 Å². The fourth-order valence-corrected chi connectivity index (χ4v) is 3.69. The van der Waals surface area contributed by atoms with Crippen LogP contribution in [0.3, 0.4) is 0 Å². The molecule has 3 aromatic rings. The van der Waals surface area contributed by atoms with Gasteiger partial charge < -0.3 is 26.7 Å². The lowest BCUT2D eigenvalue weighted by atomic mass is 10.0. The number of hydrogen-bond acceptors (Lipinski definition) is 5. The van der Waals surface area contributed by atoms with Crippen LogP contribution in [0.2, 0.25) is 0 Å². The van der Waals surface area contributed by atoms with Crippen LogP contribution in [0.5, 0.6) is 0 Å². The molecule has 8 heteroatoms. The van der Waals surface area contributed by atoms with Crippen LogP contribution in [0.15, 0.2) is 43.1 Å². The van der Waals surface area contributed by atoms with Crippen LogP contribution in [-0.4, -0.2) is 53.4 Å². The molecule has 0 spiro atoms. The van der Waals surface area contributed by atoms with Gasteiger partial charge in [-0.2, -0.15) is 0 Å². The highest BCUT2D eigenvalue weighted by molar-refractivity contribution is 6.00. The molecule has 0 aliphatic carbocycles. The van der Waals surface area contributed by atoms with E-state index in [-0.39, 0.29) is 24.1 Å². The molecular formula is C23H28N6O2. The summed E-state index contributed by atoms with van der Waals surface area (Å²) >= 11 is 0. The maximum absolute atomic E-state index is 12.8. The van der Waals surface area contributed by atoms with Gasteiger partial charge in [0.05, 0.1) is 11.4 Å². The van der Waals surface area contributed by atoms with Gasteiger partial charge in [0.1, 0.15) is 0 Å². The van der Waals surface area contributed by atoms with E-state index in [4.69, 9.17) is 10.5 Å². The molecule has 3 heterocycles. The number of primary amides is 1. The maximum Gasteiger partial charge on any atom is 0.272 e. The monoisotopic (exact) mass is 420 g/mol. The highest BCUT2D eigenvalue weighted by atomic mass is 16.2. The Kier molecular flexibility index (Phi) is 7.04. The van der Waals surface area contributed by atoms with Crippen LogP contribution in [-0.2, 0) is 4.79 Å². The van der Waals surface area contributed by atoms with Gasteiger partial charge in [0, 0.05) is 28.7 Å². The summed E-state index contributed by atoms with van der Waals surface area (Å²) in [6, 6.07) is 9.85. The van der Waals surface area contributed by atoms with Crippen molar-refractivity contribution in [3.63, 3.8) is 0 Å². The number of hydrogen-bond donors (Lipinski definition) is 4. The van der Waals surface area contributed by atoms with Gasteiger partial charge in [0.25, 0.3) is 5.91 Å². The fourth-order valence-electron chi connectivity index (χ4n) is 3.69. The molecule has 0 saturated carbocycles. The Morgan fingerprint density at radius 2 is 2.00 bits per heavy atom. The predicted molar refractivity (Wildman–Crippen MR) is 124 cm³/mol. The minimum atomic E-state index is -0.208. The standard InChI is InChI=1S/C22H25N5O.CH3NO/c1-3-14-4-6-19-16(12-14)17(13-24-19)20-7-5-18(23)21(26-20)22(28)25-15-8-10-27(2)11-9-15;2-1-3/h3-7,12-13,15,24H,1,8-11,23H2,2H3,(H,25,28);1H,(H2,2,3). The van der Waals surface area contributed by atoms with Crippen molar-refractivity contribution in [2.45, 2.75) is 18.9 Å². The summed E-state index contributed by atoms with van der Waals surface area (Å²) in [5.41, 5.74) is 14.6. The molecule has 162 valence electrons. The van der Waals surface area contributed by atoms with Crippen molar-refractivity contribution in [2.75, 3.05) is 25.9 Å². The van der Waals surface area contributed by atoms with E-state index in [0.29, 0.717) is 5.69 Å². The topological polar surface area (TPSA) is 130 Å². The van der Waals surface area contributed by atoms with E-state index in [1.54, 1.807) is 6.07 Å². The third-order valence-electron chi connectivity index (χ3n) is 5.41. The van der Waals surface area contributed by atoms with Crippen molar-refractivity contribution in [2.24, 2.45) is 5.73 Å².